The van der Waals surface area contributed by atoms with Gasteiger partial charge in [0.2, 0.25) is 0 Å². The van der Waals surface area contributed by atoms with Crippen LogP contribution in [-0.4, -0.2) is 17.4 Å². The smallest absolute Gasteiger partial charge is 0.294 e. The maximum atomic E-state index is 13.4. The molecule has 1 aliphatic rings. The normalized spacial score (nSPS) is 13.1. The first-order valence-electron chi connectivity index (χ1n) is 6.93. The van der Waals surface area contributed by atoms with Crippen LogP contribution in [0.25, 0.3) is 0 Å². The Balaban J connectivity index is 2.06. The molecule has 2 aromatic carbocycles. The zero-order valence-electron chi connectivity index (χ0n) is 12.2. The molecule has 3 rings (SSSR count). The number of halogens is 2. The zero-order valence-corrected chi connectivity index (χ0v) is 13.8. The molecule has 0 radical (unpaired) electrons. The topological polar surface area (TPSA) is 63.5 Å². The summed E-state index contributed by atoms with van der Waals surface area (Å²) in [6.07, 6.45) is 0.543. The molecule has 0 aliphatic carbocycles. The first-order valence-corrected chi connectivity index (χ1v) is 7.72. The van der Waals surface area contributed by atoms with Crippen molar-refractivity contribution in [2.45, 2.75) is 13.3 Å². The molecule has 1 aliphatic heterocycles. The largest absolute Gasteiger partial charge is 0.302 e. The predicted molar refractivity (Wildman–Crippen MR) is 87.3 cm³/mol. The predicted octanol–water partition coefficient (Wildman–Crippen LogP) is 4.01. The van der Waals surface area contributed by atoms with Crippen LogP contribution in [0.3, 0.4) is 0 Å². The Bertz CT molecular complexity index is 838. The molecule has 23 heavy (non-hydrogen) atoms. The van der Waals surface area contributed by atoms with Gasteiger partial charge in [-0.3, -0.25) is 14.9 Å². The number of amides is 1. The minimum Gasteiger partial charge on any atom is -0.302 e. The number of benzene rings is 2. The van der Waals surface area contributed by atoms with E-state index in [0.717, 1.165) is 5.56 Å². The first-order chi connectivity index (χ1) is 10.9. The van der Waals surface area contributed by atoms with Crippen LogP contribution >= 0.6 is 15.9 Å². The van der Waals surface area contributed by atoms with Crippen molar-refractivity contribution in [2.75, 3.05) is 11.4 Å². The summed E-state index contributed by atoms with van der Waals surface area (Å²) in [5, 5.41) is 11.3. The molecule has 0 spiro atoms. The van der Waals surface area contributed by atoms with Crippen LogP contribution in [0, 0.1) is 22.9 Å². The standard InChI is InChI=1S/C16H12BrFN2O3/c1-9-6-11(2-3-13(9)18)16(21)19-5-4-10-7-12(17)8-14(15(10)19)20(22)23/h2-3,6-8H,4-5H2,1H3. The molecule has 118 valence electrons. The average Bonchev–Trinajstić information content (AvgIpc) is 2.91. The van der Waals surface area contributed by atoms with Crippen LogP contribution in [-0.2, 0) is 6.42 Å². The third-order valence-corrected chi connectivity index (χ3v) is 4.31. The molecule has 0 unspecified atom stereocenters. The van der Waals surface area contributed by atoms with Gasteiger partial charge in [-0.1, -0.05) is 15.9 Å². The second-order valence-corrected chi connectivity index (χ2v) is 6.28. The second kappa shape index (κ2) is 5.73. The fourth-order valence-electron chi connectivity index (χ4n) is 2.76. The maximum Gasteiger partial charge on any atom is 0.294 e. The van der Waals surface area contributed by atoms with Crippen molar-refractivity contribution in [2.24, 2.45) is 0 Å². The van der Waals surface area contributed by atoms with Gasteiger partial charge >= 0.3 is 0 Å². The number of nitro benzene ring substituents is 1. The minimum absolute atomic E-state index is 0.112. The summed E-state index contributed by atoms with van der Waals surface area (Å²) in [6, 6.07) is 7.26. The van der Waals surface area contributed by atoms with Gasteiger partial charge in [0, 0.05) is 22.6 Å². The highest BCUT2D eigenvalue weighted by Gasteiger charge is 2.33. The molecule has 1 heterocycles. The molecule has 0 N–H and O–H groups in total. The molecule has 5 nitrogen and oxygen atoms in total. The van der Waals surface area contributed by atoms with E-state index in [1.165, 1.54) is 29.2 Å². The number of carbonyl (C=O) groups is 1. The highest BCUT2D eigenvalue weighted by molar-refractivity contribution is 9.10. The van der Waals surface area contributed by atoms with Crippen molar-refractivity contribution in [3.05, 3.63) is 67.4 Å². The van der Waals surface area contributed by atoms with Crippen molar-refractivity contribution in [3.8, 4) is 0 Å². The van der Waals surface area contributed by atoms with Gasteiger partial charge in [0.15, 0.2) is 0 Å². The third-order valence-electron chi connectivity index (χ3n) is 3.85. The number of hydrogen-bond acceptors (Lipinski definition) is 3. The van der Waals surface area contributed by atoms with Gasteiger partial charge < -0.3 is 4.90 Å². The van der Waals surface area contributed by atoms with E-state index in [1.807, 2.05) is 0 Å². The maximum absolute atomic E-state index is 13.4. The zero-order chi connectivity index (χ0) is 16.7. The lowest BCUT2D eigenvalue weighted by Crippen LogP contribution is -2.29. The molecule has 0 saturated carbocycles. The van der Waals surface area contributed by atoms with Crippen LogP contribution < -0.4 is 4.90 Å². The number of hydrogen-bond donors (Lipinski definition) is 0. The lowest BCUT2D eigenvalue weighted by atomic mass is 10.1. The van der Waals surface area contributed by atoms with E-state index in [1.54, 1.807) is 13.0 Å². The van der Waals surface area contributed by atoms with E-state index in [9.17, 15) is 19.3 Å². The van der Waals surface area contributed by atoms with Crippen molar-refractivity contribution in [3.63, 3.8) is 0 Å². The van der Waals surface area contributed by atoms with Gasteiger partial charge in [-0.05, 0) is 48.7 Å². The van der Waals surface area contributed by atoms with Gasteiger partial charge in [-0.15, -0.1) is 0 Å². The first kappa shape index (κ1) is 15.6. The summed E-state index contributed by atoms with van der Waals surface area (Å²) in [5.74, 6) is -0.754. The van der Waals surface area contributed by atoms with E-state index >= 15 is 0 Å². The van der Waals surface area contributed by atoms with E-state index in [2.05, 4.69) is 15.9 Å². The minimum atomic E-state index is -0.495. The van der Waals surface area contributed by atoms with E-state index in [-0.39, 0.29) is 11.6 Å². The fourth-order valence-corrected chi connectivity index (χ4v) is 3.26. The molecule has 0 atom stereocenters. The van der Waals surface area contributed by atoms with E-state index in [0.29, 0.717) is 34.3 Å². The molecule has 0 saturated heterocycles. The highest BCUT2D eigenvalue weighted by Crippen LogP contribution is 2.40. The summed E-state index contributed by atoms with van der Waals surface area (Å²) >= 11 is 3.25. The summed E-state index contributed by atoms with van der Waals surface area (Å²) < 4.78 is 14.0. The molecule has 0 aromatic heterocycles. The summed E-state index contributed by atoms with van der Waals surface area (Å²) in [6.45, 7) is 1.94. The van der Waals surface area contributed by atoms with Crippen molar-refractivity contribution < 1.29 is 14.1 Å². The molecule has 2 aromatic rings. The Morgan fingerprint density at radius 3 is 2.74 bits per heavy atom. The Morgan fingerprint density at radius 2 is 2.09 bits per heavy atom. The van der Waals surface area contributed by atoms with Gasteiger partial charge in [0.25, 0.3) is 11.6 Å². The van der Waals surface area contributed by atoms with Gasteiger partial charge in [0.1, 0.15) is 11.5 Å². The number of fused-ring (bicyclic) bond motifs is 1. The fraction of sp³-hybridized carbons (Fsp3) is 0.188. The molecular formula is C16H12BrFN2O3. The lowest BCUT2D eigenvalue weighted by molar-refractivity contribution is -0.384. The Hall–Kier alpha value is -2.28. The molecular weight excluding hydrogens is 367 g/mol. The number of anilines is 1. The lowest BCUT2D eigenvalue weighted by Gasteiger charge is -2.18. The highest BCUT2D eigenvalue weighted by atomic mass is 79.9. The Kier molecular flexibility index (Phi) is 3.89. The van der Waals surface area contributed by atoms with Crippen molar-refractivity contribution in [1.82, 2.24) is 0 Å². The van der Waals surface area contributed by atoms with Crippen molar-refractivity contribution in [1.29, 1.82) is 0 Å². The van der Waals surface area contributed by atoms with E-state index < -0.39 is 10.7 Å². The summed E-state index contributed by atoms with van der Waals surface area (Å²) in [4.78, 5) is 24.9. The Morgan fingerprint density at radius 1 is 1.35 bits per heavy atom. The number of nitrogens with zero attached hydrogens (tertiary/aromatic N) is 2. The van der Waals surface area contributed by atoms with Gasteiger partial charge in [0.05, 0.1) is 4.92 Å². The number of aryl methyl sites for hydroxylation is 1. The monoisotopic (exact) mass is 378 g/mol. The second-order valence-electron chi connectivity index (χ2n) is 5.36. The average molecular weight is 379 g/mol. The molecule has 0 bridgehead atoms. The Labute approximate surface area is 140 Å². The summed E-state index contributed by atoms with van der Waals surface area (Å²) in [5.41, 5.74) is 1.64. The van der Waals surface area contributed by atoms with Crippen LogP contribution in [0.4, 0.5) is 15.8 Å². The van der Waals surface area contributed by atoms with Gasteiger partial charge in [-0.2, -0.15) is 0 Å². The number of rotatable bonds is 2. The molecule has 1 amide bonds. The quantitative estimate of drug-likeness (QED) is 0.585. The van der Waals surface area contributed by atoms with Gasteiger partial charge in [-0.25, -0.2) is 4.39 Å². The SMILES string of the molecule is Cc1cc(C(=O)N2CCc3cc(Br)cc([N+](=O)[O-])c32)ccc1F. The third kappa shape index (κ3) is 2.72. The number of carbonyl (C=O) groups excluding carboxylic acids is 1. The molecule has 0 fully saturated rings. The van der Waals surface area contributed by atoms with Crippen molar-refractivity contribution >= 4 is 33.2 Å². The number of nitro groups is 1. The van der Waals surface area contributed by atoms with Crippen LogP contribution in [0.15, 0.2) is 34.8 Å². The van der Waals surface area contributed by atoms with Crippen LogP contribution in [0.5, 0.6) is 0 Å². The summed E-state index contributed by atoms with van der Waals surface area (Å²) in [7, 11) is 0. The van der Waals surface area contributed by atoms with Crippen LogP contribution in [0.2, 0.25) is 0 Å². The molecule has 7 heteroatoms. The van der Waals surface area contributed by atoms with Crippen LogP contribution in [0.1, 0.15) is 21.5 Å². The van der Waals surface area contributed by atoms with E-state index in [4.69, 9.17) is 0 Å².